The number of hydrogen-bond acceptors (Lipinski definition) is 2. The molecule has 25 heavy (non-hydrogen) atoms. The van der Waals surface area contributed by atoms with Crippen LogP contribution in [0.15, 0.2) is 29.3 Å². The maximum absolute atomic E-state index is 11.8. The number of aryl methyl sites for hydroxylation is 1. The lowest BCUT2D eigenvalue weighted by Gasteiger charge is -2.25. The van der Waals surface area contributed by atoms with Crippen molar-refractivity contribution >= 4 is 35.8 Å². The molecule has 2 N–H and O–H groups in total. The van der Waals surface area contributed by atoms with E-state index in [9.17, 15) is 4.79 Å². The van der Waals surface area contributed by atoms with Gasteiger partial charge in [0.05, 0.1) is 13.1 Å². The molecule has 1 aromatic rings. The molecule has 1 amide bonds. The molecule has 0 radical (unpaired) electrons. The number of aliphatic imine (C=N–C) groups is 1. The predicted molar refractivity (Wildman–Crippen MR) is 114 cm³/mol. The molecule has 0 aliphatic heterocycles. The van der Waals surface area contributed by atoms with Crippen molar-refractivity contribution in [3.8, 4) is 0 Å². The summed E-state index contributed by atoms with van der Waals surface area (Å²) < 4.78 is 0. The average Bonchev–Trinajstić information content (AvgIpc) is 2.59. The molecule has 140 valence electrons. The van der Waals surface area contributed by atoms with Gasteiger partial charge in [-0.3, -0.25) is 4.79 Å². The molecule has 0 bridgehead atoms. The largest absolute Gasteiger partial charge is 0.354 e. The molecule has 0 atom stereocenters. The van der Waals surface area contributed by atoms with Crippen LogP contribution in [0.5, 0.6) is 0 Å². The van der Waals surface area contributed by atoms with Crippen molar-refractivity contribution in [2.45, 2.75) is 51.6 Å². The Morgan fingerprint density at radius 3 is 2.40 bits per heavy atom. The standard InChI is InChI=1S/C19H30N4O.HI/c1-15-9-11-16(12-10-15)13-20-19(21-14-18(24)23(2)3)22-17-7-5-4-6-8-17;/h9-12,17H,4-8,13-14H2,1-3H3,(H2,20,21,22);1H. The fourth-order valence-corrected chi connectivity index (χ4v) is 2.77. The van der Waals surface area contributed by atoms with Crippen LogP contribution in [0.4, 0.5) is 0 Å². The average molecular weight is 458 g/mol. The van der Waals surface area contributed by atoms with Gasteiger partial charge < -0.3 is 15.5 Å². The first-order valence-corrected chi connectivity index (χ1v) is 8.85. The quantitative estimate of drug-likeness (QED) is 0.405. The van der Waals surface area contributed by atoms with Gasteiger partial charge in [0.2, 0.25) is 5.91 Å². The number of amides is 1. The fourth-order valence-electron chi connectivity index (χ4n) is 2.77. The van der Waals surface area contributed by atoms with Crippen molar-refractivity contribution < 1.29 is 4.79 Å². The minimum atomic E-state index is 0. The minimum absolute atomic E-state index is 0. The Morgan fingerprint density at radius 1 is 1.16 bits per heavy atom. The van der Waals surface area contributed by atoms with Crippen LogP contribution < -0.4 is 10.6 Å². The van der Waals surface area contributed by atoms with Crippen molar-refractivity contribution in [2.75, 3.05) is 20.6 Å². The van der Waals surface area contributed by atoms with Crippen molar-refractivity contribution in [1.29, 1.82) is 0 Å². The number of likely N-dealkylation sites (N-methyl/N-ethyl adjacent to an activating group) is 1. The lowest BCUT2D eigenvalue weighted by atomic mass is 9.96. The lowest BCUT2D eigenvalue weighted by molar-refractivity contribution is -0.127. The summed E-state index contributed by atoms with van der Waals surface area (Å²) in [4.78, 5) is 18.1. The molecular weight excluding hydrogens is 427 g/mol. The van der Waals surface area contributed by atoms with Crippen LogP contribution in [0.25, 0.3) is 0 Å². The minimum Gasteiger partial charge on any atom is -0.354 e. The van der Waals surface area contributed by atoms with E-state index in [1.807, 2.05) is 0 Å². The first-order chi connectivity index (χ1) is 11.5. The number of rotatable bonds is 5. The van der Waals surface area contributed by atoms with Gasteiger partial charge >= 0.3 is 0 Å². The second kappa shape index (κ2) is 11.3. The molecule has 0 aromatic heterocycles. The smallest absolute Gasteiger partial charge is 0.241 e. The van der Waals surface area contributed by atoms with Gasteiger partial charge in [0.25, 0.3) is 0 Å². The summed E-state index contributed by atoms with van der Waals surface area (Å²) in [7, 11) is 3.53. The molecule has 0 unspecified atom stereocenters. The van der Waals surface area contributed by atoms with Crippen LogP contribution in [0.3, 0.4) is 0 Å². The van der Waals surface area contributed by atoms with Crippen LogP contribution >= 0.6 is 24.0 Å². The number of guanidine groups is 1. The highest BCUT2D eigenvalue weighted by molar-refractivity contribution is 14.0. The second-order valence-electron chi connectivity index (χ2n) is 6.77. The van der Waals surface area contributed by atoms with Crippen molar-refractivity contribution in [1.82, 2.24) is 15.5 Å². The van der Waals surface area contributed by atoms with E-state index in [-0.39, 0.29) is 36.4 Å². The molecule has 1 aliphatic rings. The summed E-state index contributed by atoms with van der Waals surface area (Å²) in [6.45, 7) is 2.95. The van der Waals surface area contributed by atoms with E-state index >= 15 is 0 Å². The predicted octanol–water partition coefficient (Wildman–Crippen LogP) is 3.07. The van der Waals surface area contributed by atoms with Gasteiger partial charge in [0, 0.05) is 20.1 Å². The van der Waals surface area contributed by atoms with E-state index in [2.05, 4.69) is 46.8 Å². The van der Waals surface area contributed by atoms with E-state index in [4.69, 9.17) is 0 Å². The normalized spacial score (nSPS) is 15.2. The third kappa shape index (κ3) is 8.07. The summed E-state index contributed by atoms with van der Waals surface area (Å²) in [5, 5.41) is 6.68. The van der Waals surface area contributed by atoms with Crippen LogP contribution in [-0.2, 0) is 11.3 Å². The fraction of sp³-hybridized carbons (Fsp3) is 0.579. The number of carbonyl (C=O) groups is 1. The Hall–Kier alpha value is -1.31. The van der Waals surface area contributed by atoms with E-state index in [0.29, 0.717) is 12.6 Å². The molecule has 1 aromatic carbocycles. The van der Waals surface area contributed by atoms with Crippen LogP contribution in [0, 0.1) is 6.92 Å². The molecule has 0 saturated heterocycles. The van der Waals surface area contributed by atoms with Gasteiger partial charge in [-0.15, -0.1) is 24.0 Å². The summed E-state index contributed by atoms with van der Waals surface area (Å²) >= 11 is 0. The highest BCUT2D eigenvalue weighted by Gasteiger charge is 2.15. The zero-order valence-electron chi connectivity index (χ0n) is 15.5. The van der Waals surface area contributed by atoms with Gasteiger partial charge in [-0.05, 0) is 25.3 Å². The lowest BCUT2D eigenvalue weighted by Crippen LogP contribution is -2.47. The SMILES string of the molecule is Cc1ccc(CN=C(NCC(=O)N(C)C)NC2CCCCC2)cc1.I. The van der Waals surface area contributed by atoms with Gasteiger partial charge in [-0.25, -0.2) is 4.99 Å². The van der Waals surface area contributed by atoms with Gasteiger partial charge in [-0.2, -0.15) is 0 Å². The first kappa shape index (κ1) is 21.7. The molecule has 6 heteroatoms. The Kier molecular flexibility index (Phi) is 9.85. The Labute approximate surface area is 168 Å². The number of benzene rings is 1. The summed E-state index contributed by atoms with van der Waals surface area (Å²) in [5.41, 5.74) is 2.42. The van der Waals surface area contributed by atoms with E-state index in [0.717, 1.165) is 5.96 Å². The molecule has 2 rings (SSSR count). The van der Waals surface area contributed by atoms with E-state index in [1.54, 1.807) is 19.0 Å². The van der Waals surface area contributed by atoms with E-state index < -0.39 is 0 Å². The Balaban J connectivity index is 0.00000312. The molecule has 1 saturated carbocycles. The third-order valence-corrected chi connectivity index (χ3v) is 4.39. The maximum Gasteiger partial charge on any atom is 0.241 e. The zero-order chi connectivity index (χ0) is 17.4. The molecule has 1 aliphatic carbocycles. The highest BCUT2D eigenvalue weighted by Crippen LogP contribution is 2.17. The van der Waals surface area contributed by atoms with Gasteiger partial charge in [-0.1, -0.05) is 49.1 Å². The molecule has 1 fully saturated rings. The molecule has 0 heterocycles. The van der Waals surface area contributed by atoms with Crippen molar-refractivity contribution in [3.63, 3.8) is 0 Å². The monoisotopic (exact) mass is 458 g/mol. The summed E-state index contributed by atoms with van der Waals surface area (Å²) in [5.74, 6) is 0.779. The topological polar surface area (TPSA) is 56.7 Å². The first-order valence-electron chi connectivity index (χ1n) is 8.85. The maximum atomic E-state index is 11.8. The molecule has 0 spiro atoms. The summed E-state index contributed by atoms with van der Waals surface area (Å²) in [6, 6.07) is 8.85. The number of nitrogens with one attached hydrogen (secondary N) is 2. The Bertz CT molecular complexity index is 551. The van der Waals surface area contributed by atoms with Gasteiger partial charge in [0.15, 0.2) is 5.96 Å². The third-order valence-electron chi connectivity index (χ3n) is 4.39. The summed E-state index contributed by atoms with van der Waals surface area (Å²) in [6.07, 6.45) is 6.19. The van der Waals surface area contributed by atoms with Crippen LogP contribution in [0.1, 0.15) is 43.2 Å². The van der Waals surface area contributed by atoms with Gasteiger partial charge in [0.1, 0.15) is 0 Å². The molecule has 5 nitrogen and oxygen atoms in total. The Morgan fingerprint density at radius 2 is 1.80 bits per heavy atom. The number of halogens is 1. The van der Waals surface area contributed by atoms with E-state index in [1.165, 1.54) is 43.2 Å². The molecular formula is C19H31IN4O. The van der Waals surface area contributed by atoms with Crippen LogP contribution in [0.2, 0.25) is 0 Å². The number of nitrogens with zero attached hydrogens (tertiary/aromatic N) is 2. The highest BCUT2D eigenvalue weighted by atomic mass is 127. The number of hydrogen-bond donors (Lipinski definition) is 2. The van der Waals surface area contributed by atoms with Crippen LogP contribution in [-0.4, -0.2) is 43.4 Å². The van der Waals surface area contributed by atoms with Crippen molar-refractivity contribution in [2.24, 2.45) is 4.99 Å². The zero-order valence-corrected chi connectivity index (χ0v) is 17.9. The van der Waals surface area contributed by atoms with Crippen molar-refractivity contribution in [3.05, 3.63) is 35.4 Å². The number of carbonyl (C=O) groups excluding carboxylic acids is 1. The second-order valence-corrected chi connectivity index (χ2v) is 6.77.